The number of piperidine rings is 1. The van der Waals surface area contributed by atoms with E-state index in [1.54, 1.807) is 0 Å². The number of amides is 1. The summed E-state index contributed by atoms with van der Waals surface area (Å²) < 4.78 is 5.56. The second-order valence-electron chi connectivity index (χ2n) is 5.14. The van der Waals surface area contributed by atoms with Crippen LogP contribution in [0.5, 0.6) is 0 Å². The predicted molar refractivity (Wildman–Crippen MR) is 84.9 cm³/mol. The average Bonchev–Trinajstić information content (AvgIpc) is 2.90. The van der Waals surface area contributed by atoms with E-state index < -0.39 is 0 Å². The summed E-state index contributed by atoms with van der Waals surface area (Å²) in [5, 5.41) is 6.19. The van der Waals surface area contributed by atoms with Crippen molar-refractivity contribution in [2.24, 2.45) is 0 Å². The SMILES string of the molecule is CCc1nc2cc(NC(=O)C3CCCCN3)ccc2o1.Cl. The van der Waals surface area contributed by atoms with Crippen molar-refractivity contribution in [1.82, 2.24) is 10.3 Å². The summed E-state index contributed by atoms with van der Waals surface area (Å²) in [6.45, 7) is 2.92. The highest BCUT2D eigenvalue weighted by Gasteiger charge is 2.20. The number of nitrogens with zero attached hydrogens (tertiary/aromatic N) is 1. The van der Waals surface area contributed by atoms with Gasteiger partial charge in [0.15, 0.2) is 11.5 Å². The van der Waals surface area contributed by atoms with Crippen molar-refractivity contribution in [2.75, 3.05) is 11.9 Å². The van der Waals surface area contributed by atoms with Crippen LogP contribution in [0.4, 0.5) is 5.69 Å². The van der Waals surface area contributed by atoms with Gasteiger partial charge in [0.2, 0.25) is 5.91 Å². The molecule has 5 nitrogen and oxygen atoms in total. The maximum atomic E-state index is 12.1. The standard InChI is InChI=1S/C15H19N3O2.ClH/c1-2-14-18-12-9-10(6-7-13(12)20-14)17-15(19)11-5-3-4-8-16-11;/h6-7,9,11,16H,2-5,8H2,1H3,(H,17,19);1H. The highest BCUT2D eigenvalue weighted by molar-refractivity contribution is 5.96. The Labute approximate surface area is 129 Å². The number of aromatic nitrogens is 1. The molecule has 0 radical (unpaired) electrons. The van der Waals surface area contributed by atoms with E-state index in [0.717, 1.165) is 54.9 Å². The lowest BCUT2D eigenvalue weighted by Gasteiger charge is -2.22. The van der Waals surface area contributed by atoms with E-state index in [0.29, 0.717) is 0 Å². The van der Waals surface area contributed by atoms with E-state index in [1.807, 2.05) is 25.1 Å². The fraction of sp³-hybridized carbons (Fsp3) is 0.467. The molecule has 1 saturated heterocycles. The Morgan fingerprint density at radius 1 is 1.48 bits per heavy atom. The lowest BCUT2D eigenvalue weighted by molar-refractivity contribution is -0.118. The van der Waals surface area contributed by atoms with Gasteiger partial charge >= 0.3 is 0 Å². The van der Waals surface area contributed by atoms with E-state index in [1.165, 1.54) is 0 Å². The minimum Gasteiger partial charge on any atom is -0.441 e. The molecule has 0 bridgehead atoms. The smallest absolute Gasteiger partial charge is 0.241 e. The van der Waals surface area contributed by atoms with Gasteiger partial charge in [0.25, 0.3) is 0 Å². The second kappa shape index (κ2) is 6.91. The number of rotatable bonds is 3. The van der Waals surface area contributed by atoms with Crippen LogP contribution in [0.15, 0.2) is 22.6 Å². The molecule has 0 aliphatic carbocycles. The van der Waals surface area contributed by atoms with Crippen molar-refractivity contribution in [2.45, 2.75) is 38.6 Å². The quantitative estimate of drug-likeness (QED) is 0.915. The highest BCUT2D eigenvalue weighted by Crippen LogP contribution is 2.21. The molecule has 1 unspecified atom stereocenters. The second-order valence-corrected chi connectivity index (χ2v) is 5.14. The number of carbonyl (C=O) groups is 1. The van der Waals surface area contributed by atoms with Crippen LogP contribution in [0, 0.1) is 0 Å². The fourth-order valence-electron chi connectivity index (χ4n) is 2.51. The molecular weight excluding hydrogens is 290 g/mol. The van der Waals surface area contributed by atoms with E-state index in [9.17, 15) is 4.79 Å². The lowest BCUT2D eigenvalue weighted by atomic mass is 10.0. The summed E-state index contributed by atoms with van der Waals surface area (Å²) >= 11 is 0. The molecule has 2 N–H and O–H groups in total. The zero-order valence-electron chi connectivity index (χ0n) is 12.0. The van der Waals surface area contributed by atoms with Gasteiger partial charge < -0.3 is 15.1 Å². The van der Waals surface area contributed by atoms with Crippen molar-refractivity contribution in [3.05, 3.63) is 24.1 Å². The van der Waals surface area contributed by atoms with Crippen molar-refractivity contribution in [3.63, 3.8) is 0 Å². The Morgan fingerprint density at radius 2 is 2.33 bits per heavy atom. The summed E-state index contributed by atoms with van der Waals surface area (Å²) in [4.78, 5) is 16.5. The molecule has 3 rings (SSSR count). The van der Waals surface area contributed by atoms with Crippen molar-refractivity contribution in [1.29, 1.82) is 0 Å². The van der Waals surface area contributed by atoms with Gasteiger partial charge in [0, 0.05) is 12.1 Å². The number of fused-ring (bicyclic) bond motifs is 1. The van der Waals surface area contributed by atoms with Gasteiger partial charge in [-0.2, -0.15) is 0 Å². The number of aryl methyl sites for hydroxylation is 1. The molecule has 1 aromatic carbocycles. The van der Waals surface area contributed by atoms with E-state index in [-0.39, 0.29) is 24.4 Å². The number of oxazole rings is 1. The Morgan fingerprint density at radius 3 is 3.05 bits per heavy atom. The topological polar surface area (TPSA) is 67.2 Å². The van der Waals surface area contributed by atoms with Crippen LogP contribution in [0.25, 0.3) is 11.1 Å². The van der Waals surface area contributed by atoms with Crippen molar-refractivity contribution < 1.29 is 9.21 Å². The summed E-state index contributed by atoms with van der Waals surface area (Å²) in [5.41, 5.74) is 2.32. The monoisotopic (exact) mass is 309 g/mol. The molecule has 6 heteroatoms. The first-order valence-corrected chi connectivity index (χ1v) is 7.20. The molecule has 0 spiro atoms. The van der Waals surface area contributed by atoms with Gasteiger partial charge in [-0.3, -0.25) is 4.79 Å². The zero-order chi connectivity index (χ0) is 13.9. The van der Waals surface area contributed by atoms with Crippen molar-refractivity contribution in [3.8, 4) is 0 Å². The third-order valence-electron chi connectivity index (χ3n) is 3.63. The van der Waals surface area contributed by atoms with Crippen molar-refractivity contribution >= 4 is 35.1 Å². The summed E-state index contributed by atoms with van der Waals surface area (Å²) in [5.74, 6) is 0.751. The third-order valence-corrected chi connectivity index (χ3v) is 3.63. The van der Waals surface area contributed by atoms with Gasteiger partial charge in [-0.25, -0.2) is 4.98 Å². The van der Waals surface area contributed by atoms with Crippen LogP contribution in [0.3, 0.4) is 0 Å². The molecule has 114 valence electrons. The van der Waals surface area contributed by atoms with Crippen LogP contribution < -0.4 is 10.6 Å². The minimum absolute atomic E-state index is 0. The Balaban J connectivity index is 0.00000161. The van der Waals surface area contributed by atoms with Gasteiger partial charge in [-0.15, -0.1) is 12.4 Å². The van der Waals surface area contributed by atoms with Crippen LogP contribution in [0.2, 0.25) is 0 Å². The molecule has 1 atom stereocenters. The largest absolute Gasteiger partial charge is 0.441 e. The first-order valence-electron chi connectivity index (χ1n) is 7.20. The molecule has 2 aromatic rings. The van der Waals surface area contributed by atoms with Crippen LogP contribution in [-0.2, 0) is 11.2 Å². The normalized spacial score (nSPS) is 18.2. The maximum Gasteiger partial charge on any atom is 0.241 e. The Bertz CT molecular complexity index is 620. The summed E-state index contributed by atoms with van der Waals surface area (Å²) in [7, 11) is 0. The molecule has 1 aliphatic rings. The fourth-order valence-corrected chi connectivity index (χ4v) is 2.51. The number of hydrogen-bond donors (Lipinski definition) is 2. The molecule has 1 amide bonds. The number of halogens is 1. The molecule has 0 saturated carbocycles. The minimum atomic E-state index is -0.0806. The molecule has 1 fully saturated rings. The zero-order valence-corrected chi connectivity index (χ0v) is 12.8. The molecule has 2 heterocycles. The maximum absolute atomic E-state index is 12.1. The molecule has 1 aliphatic heterocycles. The lowest BCUT2D eigenvalue weighted by Crippen LogP contribution is -2.43. The van der Waals surface area contributed by atoms with Crippen LogP contribution in [-0.4, -0.2) is 23.5 Å². The number of hydrogen-bond acceptors (Lipinski definition) is 4. The number of nitrogens with one attached hydrogen (secondary N) is 2. The van der Waals surface area contributed by atoms with E-state index >= 15 is 0 Å². The van der Waals surface area contributed by atoms with E-state index in [2.05, 4.69) is 15.6 Å². The Hall–Kier alpha value is -1.59. The first kappa shape index (κ1) is 15.8. The molecule has 21 heavy (non-hydrogen) atoms. The van der Waals surface area contributed by atoms with E-state index in [4.69, 9.17) is 4.42 Å². The van der Waals surface area contributed by atoms with Crippen LogP contribution in [0.1, 0.15) is 32.1 Å². The Kier molecular flexibility index (Phi) is 5.20. The number of carbonyl (C=O) groups excluding carboxylic acids is 1. The average molecular weight is 310 g/mol. The first-order chi connectivity index (χ1) is 9.76. The van der Waals surface area contributed by atoms with Crippen LogP contribution >= 0.6 is 12.4 Å². The third kappa shape index (κ3) is 3.54. The number of anilines is 1. The molecule has 1 aromatic heterocycles. The summed E-state index contributed by atoms with van der Waals surface area (Å²) in [6.07, 6.45) is 3.92. The van der Waals surface area contributed by atoms with Gasteiger partial charge in [-0.1, -0.05) is 13.3 Å². The predicted octanol–water partition coefficient (Wildman–Crippen LogP) is 2.89. The summed E-state index contributed by atoms with van der Waals surface area (Å²) in [6, 6.07) is 5.49. The molecular formula is C15H20ClN3O2. The number of benzene rings is 1. The van der Waals surface area contributed by atoms with Gasteiger partial charge in [-0.05, 0) is 37.6 Å². The van der Waals surface area contributed by atoms with Gasteiger partial charge in [0.1, 0.15) is 5.52 Å². The highest BCUT2D eigenvalue weighted by atomic mass is 35.5. The van der Waals surface area contributed by atoms with Gasteiger partial charge in [0.05, 0.1) is 6.04 Å².